The van der Waals surface area contributed by atoms with Crippen molar-refractivity contribution in [1.82, 2.24) is 0 Å². The third-order valence-electron chi connectivity index (χ3n) is 2.98. The largest absolute Gasteiger partial charge is 0.288 e. The third-order valence-corrected chi connectivity index (χ3v) is 4.15. The summed E-state index contributed by atoms with van der Waals surface area (Å²) >= 11 is 1.36. The maximum atomic E-state index is 10.9. The molecule has 1 aromatic carbocycles. The van der Waals surface area contributed by atoms with Gasteiger partial charge in [0.15, 0.2) is 24.1 Å². The Balaban J connectivity index is 1.92. The molecule has 2 rings (SSSR count). The molecule has 2 nitrogen and oxygen atoms in total. The molecular weight excluding hydrogens is 297 g/mol. The van der Waals surface area contributed by atoms with E-state index >= 15 is 0 Å². The predicted molar refractivity (Wildman–Crippen MR) is 94.5 cm³/mol. The van der Waals surface area contributed by atoms with Gasteiger partial charge in [0.05, 0.1) is 5.75 Å². The highest BCUT2D eigenvalue weighted by molar-refractivity contribution is 8.13. The highest BCUT2D eigenvalue weighted by Gasteiger charge is 2.01. The quantitative estimate of drug-likeness (QED) is 0.625. The van der Waals surface area contributed by atoms with Crippen LogP contribution in [-0.4, -0.2) is 10.9 Å². The van der Waals surface area contributed by atoms with Crippen LogP contribution in [0.5, 0.6) is 0 Å². The molecule has 1 atom stereocenters. The van der Waals surface area contributed by atoms with Crippen molar-refractivity contribution in [1.29, 1.82) is 0 Å². The van der Waals surface area contributed by atoms with Gasteiger partial charge < -0.3 is 0 Å². The van der Waals surface area contributed by atoms with E-state index in [4.69, 9.17) is 0 Å². The monoisotopic (exact) mass is 316 g/mol. The molecule has 0 aliphatic heterocycles. The van der Waals surface area contributed by atoms with Gasteiger partial charge in [-0.05, 0) is 16.4 Å². The first kappa shape index (κ1) is 15.9. The molecular formula is C17H19NOPS+. The van der Waals surface area contributed by atoms with Crippen LogP contribution in [0.4, 0.5) is 0 Å². The number of hydrogen-bond donors (Lipinski definition) is 0. The number of rotatable bonds is 5. The highest BCUT2D eigenvalue weighted by atomic mass is 32.2. The molecule has 0 saturated carbocycles. The van der Waals surface area contributed by atoms with Crippen LogP contribution in [0.15, 0.2) is 48.8 Å². The van der Waals surface area contributed by atoms with E-state index in [1.54, 1.807) is 6.92 Å². The molecule has 0 radical (unpaired) electrons. The smallest absolute Gasteiger partial charge is 0.186 e. The molecule has 0 aliphatic carbocycles. The molecule has 108 valence electrons. The lowest BCUT2D eigenvalue weighted by molar-refractivity contribution is -0.692. The number of aryl methyl sites for hydroxylation is 1. The molecule has 4 heteroatoms. The topological polar surface area (TPSA) is 20.9 Å². The van der Waals surface area contributed by atoms with Gasteiger partial charge in [0.2, 0.25) is 0 Å². The van der Waals surface area contributed by atoms with Crippen molar-refractivity contribution in [2.75, 3.05) is 5.75 Å². The zero-order chi connectivity index (χ0) is 15.1. The van der Waals surface area contributed by atoms with Gasteiger partial charge in [-0.1, -0.05) is 48.2 Å². The highest BCUT2D eigenvalue weighted by Crippen LogP contribution is 2.07. The van der Waals surface area contributed by atoms with Gasteiger partial charge >= 0.3 is 0 Å². The molecule has 0 saturated heterocycles. The molecule has 0 spiro atoms. The van der Waals surface area contributed by atoms with Gasteiger partial charge in [0.25, 0.3) is 0 Å². The number of aromatic nitrogens is 1. The van der Waals surface area contributed by atoms with Crippen molar-refractivity contribution < 1.29 is 9.36 Å². The predicted octanol–water partition coefficient (Wildman–Crippen LogP) is 2.92. The second-order valence-electron chi connectivity index (χ2n) is 4.71. The molecule has 21 heavy (non-hydrogen) atoms. The Labute approximate surface area is 132 Å². The number of pyridine rings is 1. The van der Waals surface area contributed by atoms with E-state index in [9.17, 15) is 4.79 Å². The van der Waals surface area contributed by atoms with E-state index in [-0.39, 0.29) is 5.12 Å². The molecule has 0 fully saturated rings. The molecule has 1 heterocycles. The second-order valence-corrected chi connectivity index (χ2v) is 6.65. The van der Waals surface area contributed by atoms with Crippen LogP contribution in [0.25, 0.3) is 12.2 Å². The summed E-state index contributed by atoms with van der Waals surface area (Å²) in [5.74, 6) is 0.816. The number of carbonyl (C=O) groups excluding carboxylic acids is 1. The number of benzene rings is 1. The average molecular weight is 316 g/mol. The van der Waals surface area contributed by atoms with Crippen LogP contribution in [0.3, 0.4) is 0 Å². The molecule has 0 amide bonds. The zero-order valence-electron chi connectivity index (χ0n) is 12.0. The fourth-order valence-electron chi connectivity index (χ4n) is 1.82. The number of thioether (sulfide) groups is 1. The van der Waals surface area contributed by atoms with Crippen LogP contribution >= 0.6 is 21.0 Å². The van der Waals surface area contributed by atoms with E-state index < -0.39 is 0 Å². The van der Waals surface area contributed by atoms with E-state index in [0.717, 1.165) is 12.3 Å². The average Bonchev–Trinajstić information content (AvgIpc) is 2.48. The molecule has 1 aromatic heterocycles. The van der Waals surface area contributed by atoms with Gasteiger partial charge in [0.1, 0.15) is 0 Å². The van der Waals surface area contributed by atoms with E-state index in [2.05, 4.69) is 62.4 Å². The Kier molecular flexibility index (Phi) is 6.16. The summed E-state index contributed by atoms with van der Waals surface area (Å²) < 4.78 is 2.09. The van der Waals surface area contributed by atoms with Crippen LogP contribution in [0, 0.1) is 0 Å². The molecule has 0 bridgehead atoms. The summed E-state index contributed by atoms with van der Waals surface area (Å²) in [7, 11) is 2.69. The molecule has 1 unspecified atom stereocenters. The number of carbonyl (C=O) groups is 1. The van der Waals surface area contributed by atoms with E-state index in [0.29, 0.717) is 0 Å². The molecule has 2 aromatic rings. The summed E-state index contributed by atoms with van der Waals surface area (Å²) in [6, 6.07) is 12.5. The Morgan fingerprint density at radius 3 is 2.24 bits per heavy atom. The SMILES string of the molecule is CC(=O)SCC[n+]1ccc(/C=C/c2ccc(P)cc2)cc1. The first-order valence-electron chi connectivity index (χ1n) is 6.79. The number of nitrogens with zero attached hydrogens (tertiary/aromatic N) is 1. The molecule has 0 N–H and O–H groups in total. The van der Waals surface area contributed by atoms with Crippen molar-refractivity contribution >= 4 is 43.6 Å². The Morgan fingerprint density at radius 1 is 1.10 bits per heavy atom. The summed E-state index contributed by atoms with van der Waals surface area (Å²) in [4.78, 5) is 10.9. The van der Waals surface area contributed by atoms with Crippen LogP contribution in [0.2, 0.25) is 0 Å². The van der Waals surface area contributed by atoms with Gasteiger partial charge in [0, 0.05) is 19.1 Å². The summed E-state index contributed by atoms with van der Waals surface area (Å²) in [6.45, 7) is 2.46. The summed E-state index contributed by atoms with van der Waals surface area (Å²) in [5, 5.41) is 1.36. The van der Waals surface area contributed by atoms with Gasteiger partial charge in [-0.3, -0.25) is 4.79 Å². The maximum Gasteiger partial charge on any atom is 0.186 e. The van der Waals surface area contributed by atoms with Crippen molar-refractivity contribution in [3.8, 4) is 0 Å². The second kappa shape index (κ2) is 8.11. The first-order chi connectivity index (χ1) is 10.1. The Bertz CT molecular complexity index is 620. The minimum Gasteiger partial charge on any atom is -0.288 e. The Hall–Kier alpha value is -1.44. The lowest BCUT2D eigenvalue weighted by Gasteiger charge is -1.97. The van der Waals surface area contributed by atoms with Crippen molar-refractivity contribution in [3.63, 3.8) is 0 Å². The van der Waals surface area contributed by atoms with Crippen LogP contribution in [-0.2, 0) is 11.3 Å². The molecule has 0 aliphatic rings. The lowest BCUT2D eigenvalue weighted by Crippen LogP contribution is -2.33. The first-order valence-corrected chi connectivity index (χ1v) is 8.36. The standard InChI is InChI=1S/C17H19NOPS/c1-14(19)21-13-12-18-10-8-16(9-11-18)3-2-15-4-6-17(20)7-5-15/h2-11H,12-13,20H2,1H3/q+1/b3-2+. The fraction of sp³-hybridized carbons (Fsp3) is 0.176. The normalized spacial score (nSPS) is 11.0. The number of hydrogen-bond acceptors (Lipinski definition) is 2. The third kappa shape index (κ3) is 5.82. The maximum absolute atomic E-state index is 10.9. The van der Waals surface area contributed by atoms with Crippen LogP contribution < -0.4 is 9.87 Å². The summed E-state index contributed by atoms with van der Waals surface area (Å²) in [6.07, 6.45) is 8.31. The Morgan fingerprint density at radius 2 is 1.67 bits per heavy atom. The van der Waals surface area contributed by atoms with Crippen molar-refractivity contribution in [2.24, 2.45) is 0 Å². The summed E-state index contributed by atoms with van der Waals surface area (Å²) in [5.41, 5.74) is 2.36. The van der Waals surface area contributed by atoms with E-state index in [1.165, 1.54) is 28.2 Å². The van der Waals surface area contributed by atoms with Crippen LogP contribution in [0.1, 0.15) is 18.1 Å². The fourth-order valence-corrected chi connectivity index (χ4v) is 2.61. The van der Waals surface area contributed by atoms with E-state index in [1.807, 2.05) is 12.4 Å². The minimum atomic E-state index is 0.173. The zero-order valence-corrected chi connectivity index (χ0v) is 14.0. The van der Waals surface area contributed by atoms with Gasteiger partial charge in [-0.2, -0.15) is 0 Å². The minimum absolute atomic E-state index is 0.173. The van der Waals surface area contributed by atoms with Crippen molar-refractivity contribution in [3.05, 3.63) is 59.9 Å². The van der Waals surface area contributed by atoms with Gasteiger partial charge in [-0.25, -0.2) is 4.57 Å². The van der Waals surface area contributed by atoms with Crippen molar-refractivity contribution in [2.45, 2.75) is 13.5 Å². The lowest BCUT2D eigenvalue weighted by atomic mass is 10.1. The van der Waals surface area contributed by atoms with Gasteiger partial charge in [-0.15, -0.1) is 9.24 Å².